The summed E-state index contributed by atoms with van der Waals surface area (Å²) in [6.07, 6.45) is 7.83. The highest BCUT2D eigenvalue weighted by molar-refractivity contribution is 5.92. The van der Waals surface area contributed by atoms with Gasteiger partial charge in [-0.3, -0.25) is 0 Å². The van der Waals surface area contributed by atoms with Crippen molar-refractivity contribution in [1.82, 2.24) is 9.47 Å². The molecule has 0 N–H and O–H groups in total. The van der Waals surface area contributed by atoms with Crippen LogP contribution < -0.4 is 0 Å². The van der Waals surface area contributed by atoms with Gasteiger partial charge in [0.25, 0.3) is 0 Å². The van der Waals surface area contributed by atoms with E-state index in [2.05, 4.69) is 74.0 Å². The molecule has 3 rings (SSSR count). The minimum absolute atomic E-state index is 0.154. The molecular weight excluding hydrogens is 232 g/mol. The van der Waals surface area contributed by atoms with Gasteiger partial charge in [-0.05, 0) is 57.6 Å². The number of aromatic nitrogens is 1. The monoisotopic (exact) mass is 254 g/mol. The maximum atomic E-state index is 2.38. The Morgan fingerprint density at radius 1 is 1.21 bits per heavy atom. The molecule has 0 saturated carbocycles. The number of rotatable bonds is 3. The molecule has 2 heteroatoms. The van der Waals surface area contributed by atoms with Gasteiger partial charge in [-0.2, -0.15) is 0 Å². The fourth-order valence-corrected chi connectivity index (χ4v) is 2.72. The summed E-state index contributed by atoms with van der Waals surface area (Å²) in [7, 11) is 4.29. The molecule has 0 fully saturated rings. The Balaban J connectivity index is 2.05. The molecule has 0 unspecified atom stereocenters. The van der Waals surface area contributed by atoms with E-state index in [9.17, 15) is 0 Å². The Morgan fingerprint density at radius 3 is 2.74 bits per heavy atom. The third-order valence-corrected chi connectivity index (χ3v) is 4.48. The average Bonchev–Trinajstić information content (AvgIpc) is 2.94. The topological polar surface area (TPSA) is 8.17 Å². The van der Waals surface area contributed by atoms with E-state index in [1.54, 1.807) is 0 Å². The number of likely N-dealkylation sites (N-methyl/N-ethyl adjacent to an activating group) is 1. The first-order valence-corrected chi connectivity index (χ1v) is 6.94. The Labute approximate surface area is 115 Å². The van der Waals surface area contributed by atoms with Crippen molar-refractivity contribution in [2.45, 2.75) is 32.4 Å². The van der Waals surface area contributed by atoms with E-state index < -0.39 is 0 Å². The summed E-state index contributed by atoms with van der Waals surface area (Å²) in [5, 5.41) is 1.39. The molecule has 100 valence electrons. The predicted molar refractivity (Wildman–Crippen MR) is 82.4 cm³/mol. The van der Waals surface area contributed by atoms with Crippen molar-refractivity contribution in [3.05, 3.63) is 41.6 Å². The second kappa shape index (κ2) is 4.24. The first-order chi connectivity index (χ1) is 8.99. The third-order valence-electron chi connectivity index (χ3n) is 4.48. The molecule has 0 bridgehead atoms. The predicted octanol–water partition coefficient (Wildman–Crippen LogP) is 3.55. The quantitative estimate of drug-likeness (QED) is 0.813. The summed E-state index contributed by atoms with van der Waals surface area (Å²) in [5.41, 5.74) is 4.37. The number of allylic oxidation sites excluding steroid dienone is 1. The number of fused-ring (bicyclic) bond motifs is 3. The Kier molecular flexibility index (Phi) is 2.79. The van der Waals surface area contributed by atoms with E-state index in [1.165, 1.54) is 22.0 Å². The van der Waals surface area contributed by atoms with Crippen molar-refractivity contribution in [1.29, 1.82) is 0 Å². The van der Waals surface area contributed by atoms with Crippen molar-refractivity contribution in [2.75, 3.05) is 14.1 Å². The number of hydrogen-bond acceptors (Lipinski definition) is 1. The van der Waals surface area contributed by atoms with Crippen LogP contribution in [0.2, 0.25) is 0 Å². The van der Waals surface area contributed by atoms with Crippen molar-refractivity contribution in [3.63, 3.8) is 0 Å². The largest absolute Gasteiger partial charge is 0.346 e. The van der Waals surface area contributed by atoms with E-state index in [0.717, 1.165) is 13.0 Å². The lowest BCUT2D eigenvalue weighted by Gasteiger charge is -2.33. The van der Waals surface area contributed by atoms with Crippen LogP contribution in [0.5, 0.6) is 0 Å². The van der Waals surface area contributed by atoms with Gasteiger partial charge in [0.1, 0.15) is 0 Å². The van der Waals surface area contributed by atoms with Gasteiger partial charge in [-0.25, -0.2) is 0 Å². The fraction of sp³-hybridized carbons (Fsp3) is 0.412. The summed E-state index contributed by atoms with van der Waals surface area (Å²) >= 11 is 0. The summed E-state index contributed by atoms with van der Waals surface area (Å²) in [4.78, 5) is 2.28. The van der Waals surface area contributed by atoms with Crippen LogP contribution in [0.1, 0.15) is 25.0 Å². The summed E-state index contributed by atoms with van der Waals surface area (Å²) in [5.74, 6) is 0. The van der Waals surface area contributed by atoms with Gasteiger partial charge >= 0.3 is 0 Å². The molecule has 1 aliphatic carbocycles. The van der Waals surface area contributed by atoms with Crippen LogP contribution in [0.3, 0.4) is 0 Å². The molecule has 0 saturated heterocycles. The van der Waals surface area contributed by atoms with E-state index in [4.69, 9.17) is 0 Å². The molecule has 1 aromatic carbocycles. The molecule has 1 aromatic heterocycles. The minimum Gasteiger partial charge on any atom is -0.346 e. The number of nitrogens with zero attached hydrogens (tertiary/aromatic N) is 2. The molecule has 0 radical (unpaired) electrons. The zero-order chi connectivity index (χ0) is 13.6. The van der Waals surface area contributed by atoms with Gasteiger partial charge < -0.3 is 9.47 Å². The lowest BCUT2D eigenvalue weighted by Crippen LogP contribution is -2.41. The van der Waals surface area contributed by atoms with Crippen LogP contribution in [-0.4, -0.2) is 29.1 Å². The van der Waals surface area contributed by atoms with Gasteiger partial charge in [-0.15, -0.1) is 0 Å². The standard InChI is InChI=1S/C17H22N2/c1-17(2,18(3)4)12-19-11-10-15-14-7-5-6-13(14)8-9-16(15)19/h5,7-11H,6,12H2,1-4H3. The first kappa shape index (κ1) is 12.5. The number of hydrogen-bond donors (Lipinski definition) is 0. The average molecular weight is 254 g/mol. The molecule has 0 atom stereocenters. The Hall–Kier alpha value is -1.54. The Morgan fingerprint density at radius 2 is 2.00 bits per heavy atom. The van der Waals surface area contributed by atoms with Gasteiger partial charge in [0.2, 0.25) is 0 Å². The molecule has 0 amide bonds. The lowest BCUT2D eigenvalue weighted by molar-refractivity contribution is 0.171. The third kappa shape index (κ3) is 2.00. The van der Waals surface area contributed by atoms with Crippen molar-refractivity contribution >= 4 is 17.0 Å². The molecule has 0 spiro atoms. The van der Waals surface area contributed by atoms with Crippen LogP contribution >= 0.6 is 0 Å². The molecular formula is C17H22N2. The van der Waals surface area contributed by atoms with Crippen LogP contribution in [0, 0.1) is 0 Å². The SMILES string of the molecule is CN(C)C(C)(C)Cn1ccc2c3c(ccc21)CC=C3. The maximum Gasteiger partial charge on any atom is 0.0487 e. The lowest BCUT2D eigenvalue weighted by atomic mass is 10.0. The van der Waals surface area contributed by atoms with Crippen LogP contribution in [0.25, 0.3) is 17.0 Å². The second-order valence-electron chi connectivity index (χ2n) is 6.33. The van der Waals surface area contributed by atoms with Gasteiger partial charge in [0.15, 0.2) is 0 Å². The molecule has 1 heterocycles. The smallest absolute Gasteiger partial charge is 0.0487 e. The summed E-state index contributed by atoms with van der Waals surface area (Å²) < 4.78 is 2.38. The normalized spacial score (nSPS) is 14.6. The Bertz CT molecular complexity index is 645. The van der Waals surface area contributed by atoms with E-state index in [1.807, 2.05) is 0 Å². The van der Waals surface area contributed by atoms with Gasteiger partial charge in [0.05, 0.1) is 0 Å². The second-order valence-corrected chi connectivity index (χ2v) is 6.33. The van der Waals surface area contributed by atoms with E-state index >= 15 is 0 Å². The summed E-state index contributed by atoms with van der Waals surface area (Å²) in [6.45, 7) is 5.57. The van der Waals surface area contributed by atoms with Crippen LogP contribution in [0.15, 0.2) is 30.5 Å². The minimum atomic E-state index is 0.154. The fourth-order valence-electron chi connectivity index (χ4n) is 2.72. The van der Waals surface area contributed by atoms with Crippen molar-refractivity contribution in [3.8, 4) is 0 Å². The zero-order valence-corrected chi connectivity index (χ0v) is 12.3. The highest BCUT2D eigenvalue weighted by atomic mass is 15.2. The van der Waals surface area contributed by atoms with Gasteiger partial charge in [-0.1, -0.05) is 18.2 Å². The van der Waals surface area contributed by atoms with Gasteiger partial charge in [0, 0.05) is 29.2 Å². The molecule has 1 aliphatic rings. The zero-order valence-electron chi connectivity index (χ0n) is 12.3. The summed E-state index contributed by atoms with van der Waals surface area (Å²) in [6, 6.07) is 6.80. The van der Waals surface area contributed by atoms with E-state index in [0.29, 0.717) is 0 Å². The molecule has 19 heavy (non-hydrogen) atoms. The van der Waals surface area contributed by atoms with Crippen LogP contribution in [-0.2, 0) is 13.0 Å². The highest BCUT2D eigenvalue weighted by Gasteiger charge is 2.22. The maximum absolute atomic E-state index is 2.38. The molecule has 0 aliphatic heterocycles. The van der Waals surface area contributed by atoms with E-state index in [-0.39, 0.29) is 5.54 Å². The number of benzene rings is 1. The van der Waals surface area contributed by atoms with Crippen molar-refractivity contribution in [2.24, 2.45) is 0 Å². The van der Waals surface area contributed by atoms with Crippen molar-refractivity contribution < 1.29 is 0 Å². The molecule has 2 nitrogen and oxygen atoms in total. The highest BCUT2D eigenvalue weighted by Crippen LogP contribution is 2.30. The van der Waals surface area contributed by atoms with Crippen LogP contribution in [0.4, 0.5) is 0 Å². The molecule has 2 aromatic rings. The first-order valence-electron chi connectivity index (χ1n) is 6.94.